The van der Waals surface area contributed by atoms with Gasteiger partial charge in [-0.3, -0.25) is 4.79 Å². The minimum absolute atomic E-state index is 0.00614. The van der Waals surface area contributed by atoms with Crippen molar-refractivity contribution in [2.75, 3.05) is 20.2 Å². The van der Waals surface area contributed by atoms with Crippen LogP contribution in [-0.2, 0) is 22.4 Å². The van der Waals surface area contributed by atoms with Gasteiger partial charge in [0.05, 0.1) is 13.2 Å². The molecule has 1 aliphatic heterocycles. The van der Waals surface area contributed by atoms with Crippen LogP contribution in [0.2, 0.25) is 0 Å². The SMILES string of the molecule is COc1ccc([C@@H]2CN(C(=O)C(=O)O)C[C@@]2(C)[C@@H](C)O)cc1OC1Cc2ccccc2C1. The van der Waals surface area contributed by atoms with Gasteiger partial charge in [-0.1, -0.05) is 37.3 Å². The molecule has 0 radical (unpaired) electrons. The Morgan fingerprint density at radius 2 is 1.78 bits per heavy atom. The number of carbonyl (C=O) groups excluding carboxylic acids is 1. The van der Waals surface area contributed by atoms with Gasteiger partial charge in [-0.05, 0) is 35.7 Å². The zero-order valence-corrected chi connectivity index (χ0v) is 18.6. The van der Waals surface area contributed by atoms with E-state index in [1.165, 1.54) is 16.0 Å². The van der Waals surface area contributed by atoms with Gasteiger partial charge in [0.25, 0.3) is 0 Å². The van der Waals surface area contributed by atoms with Crippen LogP contribution in [0.25, 0.3) is 0 Å². The molecule has 32 heavy (non-hydrogen) atoms. The fraction of sp³-hybridized carbons (Fsp3) is 0.440. The monoisotopic (exact) mass is 439 g/mol. The van der Waals surface area contributed by atoms with Gasteiger partial charge in [0.2, 0.25) is 0 Å². The number of carboxylic acids is 1. The lowest BCUT2D eigenvalue weighted by Gasteiger charge is -2.34. The molecule has 0 unspecified atom stereocenters. The summed E-state index contributed by atoms with van der Waals surface area (Å²) in [5.41, 5.74) is 2.75. The van der Waals surface area contributed by atoms with E-state index < -0.39 is 23.4 Å². The van der Waals surface area contributed by atoms with Gasteiger partial charge in [-0.15, -0.1) is 0 Å². The first kappa shape index (κ1) is 22.1. The fourth-order valence-electron chi connectivity index (χ4n) is 5.00. The number of aliphatic carboxylic acids is 1. The van der Waals surface area contributed by atoms with Crippen LogP contribution in [0.3, 0.4) is 0 Å². The third kappa shape index (κ3) is 3.93. The summed E-state index contributed by atoms with van der Waals surface area (Å²) in [5.74, 6) is -1.47. The number of benzene rings is 2. The van der Waals surface area contributed by atoms with E-state index >= 15 is 0 Å². The Kier molecular flexibility index (Phi) is 5.86. The van der Waals surface area contributed by atoms with Crippen LogP contribution in [0.5, 0.6) is 11.5 Å². The van der Waals surface area contributed by atoms with Crippen molar-refractivity contribution in [3.8, 4) is 11.5 Å². The van der Waals surface area contributed by atoms with E-state index in [4.69, 9.17) is 14.6 Å². The van der Waals surface area contributed by atoms with E-state index in [1.54, 1.807) is 14.0 Å². The van der Waals surface area contributed by atoms with Crippen LogP contribution >= 0.6 is 0 Å². The van der Waals surface area contributed by atoms with Crippen molar-refractivity contribution < 1.29 is 29.3 Å². The summed E-state index contributed by atoms with van der Waals surface area (Å²) in [6.07, 6.45) is 0.890. The van der Waals surface area contributed by atoms with E-state index in [0.29, 0.717) is 11.5 Å². The quantitative estimate of drug-likeness (QED) is 0.696. The van der Waals surface area contributed by atoms with Gasteiger partial charge >= 0.3 is 11.9 Å². The Labute approximate surface area is 187 Å². The molecule has 0 saturated carbocycles. The lowest BCUT2D eigenvalue weighted by atomic mass is 9.72. The number of likely N-dealkylation sites (tertiary alicyclic amines) is 1. The predicted octanol–water partition coefficient (Wildman–Crippen LogP) is 2.64. The number of rotatable bonds is 5. The maximum atomic E-state index is 12.1. The van der Waals surface area contributed by atoms with Crippen molar-refractivity contribution in [2.45, 2.75) is 44.8 Å². The van der Waals surface area contributed by atoms with Crippen LogP contribution in [0, 0.1) is 5.41 Å². The molecule has 1 saturated heterocycles. The lowest BCUT2D eigenvalue weighted by Crippen LogP contribution is -2.39. The maximum absolute atomic E-state index is 12.1. The van der Waals surface area contributed by atoms with Gasteiger partial charge in [0.1, 0.15) is 6.10 Å². The second-order valence-corrected chi connectivity index (χ2v) is 9.05. The summed E-state index contributed by atoms with van der Waals surface area (Å²) in [6.45, 7) is 3.95. The number of fused-ring (bicyclic) bond motifs is 1. The normalized spacial score (nSPS) is 23.6. The first-order chi connectivity index (χ1) is 15.2. The minimum Gasteiger partial charge on any atom is -0.493 e. The topological polar surface area (TPSA) is 96.3 Å². The molecule has 0 bridgehead atoms. The molecule has 4 rings (SSSR count). The molecule has 7 heteroatoms. The van der Waals surface area contributed by atoms with E-state index in [-0.39, 0.29) is 25.1 Å². The minimum atomic E-state index is -1.49. The van der Waals surface area contributed by atoms with Gasteiger partial charge in [0, 0.05) is 37.3 Å². The number of aliphatic hydroxyl groups is 1. The van der Waals surface area contributed by atoms with Crippen molar-refractivity contribution in [1.29, 1.82) is 0 Å². The van der Waals surface area contributed by atoms with Gasteiger partial charge in [-0.25, -0.2) is 4.79 Å². The number of hydrogen-bond acceptors (Lipinski definition) is 5. The number of amides is 1. The van der Waals surface area contributed by atoms with E-state index in [2.05, 4.69) is 12.1 Å². The third-order valence-electron chi connectivity index (χ3n) is 7.05. The second-order valence-electron chi connectivity index (χ2n) is 9.05. The predicted molar refractivity (Wildman–Crippen MR) is 118 cm³/mol. The van der Waals surface area contributed by atoms with Crippen LogP contribution in [-0.4, -0.2) is 59.4 Å². The first-order valence-corrected chi connectivity index (χ1v) is 10.8. The van der Waals surface area contributed by atoms with Crippen molar-refractivity contribution in [3.63, 3.8) is 0 Å². The number of aliphatic hydroxyl groups excluding tert-OH is 1. The summed E-state index contributed by atoms with van der Waals surface area (Å²) in [5, 5.41) is 19.7. The lowest BCUT2D eigenvalue weighted by molar-refractivity contribution is -0.155. The van der Waals surface area contributed by atoms with Gasteiger partial charge in [-0.2, -0.15) is 0 Å². The summed E-state index contributed by atoms with van der Waals surface area (Å²) in [4.78, 5) is 24.7. The zero-order valence-electron chi connectivity index (χ0n) is 18.6. The first-order valence-electron chi connectivity index (χ1n) is 10.8. The Balaban J connectivity index is 1.62. The van der Waals surface area contributed by atoms with E-state index in [1.807, 2.05) is 37.3 Å². The molecule has 1 heterocycles. The zero-order chi connectivity index (χ0) is 23.0. The Morgan fingerprint density at radius 1 is 1.12 bits per heavy atom. The molecule has 2 aliphatic rings. The maximum Gasteiger partial charge on any atom is 0.394 e. The fourth-order valence-corrected chi connectivity index (χ4v) is 5.00. The van der Waals surface area contributed by atoms with Gasteiger partial charge in [0.15, 0.2) is 11.5 Å². The summed E-state index contributed by atoms with van der Waals surface area (Å²) < 4.78 is 11.9. The van der Waals surface area contributed by atoms with E-state index in [0.717, 1.165) is 18.4 Å². The molecule has 1 fully saturated rings. The Hall–Kier alpha value is -3.06. The Morgan fingerprint density at radius 3 is 2.34 bits per heavy atom. The molecule has 0 spiro atoms. The molecule has 1 aliphatic carbocycles. The highest BCUT2D eigenvalue weighted by molar-refractivity contribution is 6.31. The number of carboxylic acid groups (broad SMARTS) is 1. The average Bonchev–Trinajstić information content (AvgIpc) is 3.34. The molecular weight excluding hydrogens is 410 g/mol. The van der Waals surface area contributed by atoms with Crippen molar-refractivity contribution >= 4 is 11.9 Å². The average molecular weight is 440 g/mol. The molecule has 2 N–H and O–H groups in total. The molecule has 2 aromatic carbocycles. The van der Waals surface area contributed by atoms with Crippen molar-refractivity contribution in [2.24, 2.45) is 5.41 Å². The van der Waals surface area contributed by atoms with Crippen LogP contribution in [0.1, 0.15) is 36.5 Å². The third-order valence-corrected chi connectivity index (χ3v) is 7.05. The smallest absolute Gasteiger partial charge is 0.394 e. The van der Waals surface area contributed by atoms with Gasteiger partial charge < -0.3 is 24.6 Å². The highest BCUT2D eigenvalue weighted by Crippen LogP contribution is 2.47. The molecule has 170 valence electrons. The number of methoxy groups -OCH3 is 1. The molecule has 7 nitrogen and oxygen atoms in total. The highest BCUT2D eigenvalue weighted by Gasteiger charge is 2.49. The molecule has 2 aromatic rings. The van der Waals surface area contributed by atoms with Crippen LogP contribution < -0.4 is 9.47 Å². The van der Waals surface area contributed by atoms with Crippen LogP contribution in [0.4, 0.5) is 0 Å². The standard InChI is InChI=1S/C25H29NO6/c1-15(27)25(2)14-26(23(28)24(29)30)13-20(25)18-8-9-21(31-3)22(12-18)32-19-10-16-6-4-5-7-17(16)11-19/h4-9,12,15,19-20,27H,10-11,13-14H2,1-3H3,(H,29,30)/t15-,20+,25+/m1/s1. The number of carbonyl (C=O) groups is 2. The number of hydrogen-bond donors (Lipinski definition) is 2. The number of nitrogens with zero attached hydrogens (tertiary/aromatic N) is 1. The molecule has 3 atom stereocenters. The van der Waals surface area contributed by atoms with E-state index in [9.17, 15) is 14.7 Å². The summed E-state index contributed by atoms with van der Waals surface area (Å²) in [6, 6.07) is 13.9. The largest absolute Gasteiger partial charge is 0.493 e. The van der Waals surface area contributed by atoms with Crippen molar-refractivity contribution in [3.05, 3.63) is 59.2 Å². The summed E-state index contributed by atoms with van der Waals surface area (Å²) >= 11 is 0. The molecule has 1 amide bonds. The highest BCUT2D eigenvalue weighted by atomic mass is 16.5. The summed E-state index contributed by atoms with van der Waals surface area (Å²) in [7, 11) is 1.59. The molecule has 0 aromatic heterocycles. The number of ether oxygens (including phenoxy) is 2. The molecular formula is C25H29NO6. The van der Waals surface area contributed by atoms with Crippen molar-refractivity contribution in [1.82, 2.24) is 4.90 Å². The van der Waals surface area contributed by atoms with Crippen LogP contribution in [0.15, 0.2) is 42.5 Å². The Bertz CT molecular complexity index is 1010. The second kappa shape index (κ2) is 8.47.